The second kappa shape index (κ2) is 8.70. The van der Waals surface area contributed by atoms with Gasteiger partial charge in [-0.1, -0.05) is 71.4 Å². The van der Waals surface area contributed by atoms with Crippen LogP contribution in [0.5, 0.6) is 0 Å². The topological polar surface area (TPSA) is 43.6 Å². The van der Waals surface area contributed by atoms with Crippen LogP contribution in [0.4, 0.5) is 0 Å². The first-order valence-electron chi connectivity index (χ1n) is 12.0. The van der Waals surface area contributed by atoms with Crippen molar-refractivity contribution in [3.63, 3.8) is 0 Å². The fraction of sp³-hybridized carbons (Fsp3) is 0.100. The van der Waals surface area contributed by atoms with E-state index in [1.54, 1.807) is 11.3 Å². The van der Waals surface area contributed by atoms with Crippen molar-refractivity contribution in [1.29, 1.82) is 0 Å². The second-order valence-electron chi connectivity index (χ2n) is 9.08. The number of halogens is 1. The highest BCUT2D eigenvalue weighted by molar-refractivity contribution is 7.13. The molecule has 1 aliphatic carbocycles. The minimum atomic E-state index is 0.615. The molecule has 0 saturated carbocycles. The summed E-state index contributed by atoms with van der Waals surface area (Å²) < 4.78 is 1.90. The average molecular weight is 505 g/mol. The van der Waals surface area contributed by atoms with Crippen molar-refractivity contribution in [2.75, 3.05) is 0 Å². The van der Waals surface area contributed by atoms with E-state index in [-0.39, 0.29) is 0 Å². The molecule has 0 amide bonds. The number of hydrogen-bond donors (Lipinski definition) is 0. The molecule has 0 bridgehead atoms. The Kier molecular flexibility index (Phi) is 5.19. The van der Waals surface area contributed by atoms with Gasteiger partial charge in [0.15, 0.2) is 0 Å². The van der Waals surface area contributed by atoms with Crippen molar-refractivity contribution < 1.29 is 0 Å². The maximum atomic E-state index is 6.89. The van der Waals surface area contributed by atoms with Gasteiger partial charge >= 0.3 is 0 Å². The molecule has 3 heterocycles. The van der Waals surface area contributed by atoms with Crippen LogP contribution in [0.15, 0.2) is 96.0 Å². The van der Waals surface area contributed by atoms with Crippen molar-refractivity contribution in [3.05, 3.63) is 107 Å². The summed E-state index contributed by atoms with van der Waals surface area (Å²) in [5.41, 5.74) is 6.23. The Morgan fingerprint density at radius 3 is 2.50 bits per heavy atom. The SMILES string of the molecule is ClC1=C(Cn2cc(-c3cc4ccccc4c4ccccc34)nn2)CCc2nc(-c3cccs3)ccc21. The molecule has 6 heteroatoms. The number of hydrogen-bond acceptors (Lipinski definition) is 4. The van der Waals surface area contributed by atoms with Crippen LogP contribution in [0.2, 0.25) is 0 Å². The molecule has 1 aliphatic rings. The third-order valence-corrected chi connectivity index (χ3v) is 8.26. The number of fused-ring (bicyclic) bond motifs is 4. The molecule has 0 saturated heterocycles. The van der Waals surface area contributed by atoms with Gasteiger partial charge in [-0.3, -0.25) is 4.98 Å². The molecule has 0 unspecified atom stereocenters. The van der Waals surface area contributed by atoms with E-state index in [9.17, 15) is 0 Å². The average Bonchev–Trinajstić information content (AvgIpc) is 3.63. The van der Waals surface area contributed by atoms with Gasteiger partial charge in [0, 0.05) is 11.1 Å². The highest BCUT2D eigenvalue weighted by atomic mass is 35.5. The summed E-state index contributed by atoms with van der Waals surface area (Å²) in [7, 11) is 0. The van der Waals surface area contributed by atoms with Crippen molar-refractivity contribution in [1.82, 2.24) is 20.0 Å². The molecule has 36 heavy (non-hydrogen) atoms. The van der Waals surface area contributed by atoms with E-state index in [1.807, 2.05) is 10.9 Å². The number of thiophene rings is 1. The molecular formula is C30H21ClN4S. The first-order valence-corrected chi connectivity index (χ1v) is 13.2. The summed E-state index contributed by atoms with van der Waals surface area (Å²) in [6.45, 7) is 0.615. The standard InChI is InChI=1S/C30H21ClN4S/c31-30-20(11-13-26-24(30)12-14-27(32-26)29-10-5-15-36-29)17-35-18-28(33-34-35)25-16-19-6-1-2-7-21(19)22-8-3-4-9-23(22)25/h1-10,12,14-16,18H,11,13,17H2. The number of pyridine rings is 1. The molecular weight excluding hydrogens is 484 g/mol. The lowest BCUT2D eigenvalue weighted by Crippen LogP contribution is -2.10. The maximum Gasteiger partial charge on any atom is 0.113 e. The monoisotopic (exact) mass is 504 g/mol. The van der Waals surface area contributed by atoms with Crippen LogP contribution < -0.4 is 0 Å². The van der Waals surface area contributed by atoms with Crippen molar-refractivity contribution >= 4 is 49.5 Å². The van der Waals surface area contributed by atoms with Crippen LogP contribution in [0.1, 0.15) is 17.7 Å². The lowest BCUT2D eigenvalue weighted by Gasteiger charge is -2.19. The Morgan fingerprint density at radius 1 is 0.806 bits per heavy atom. The first-order chi connectivity index (χ1) is 17.7. The summed E-state index contributed by atoms with van der Waals surface area (Å²) in [4.78, 5) is 6.08. The fourth-order valence-corrected chi connectivity index (χ4v) is 6.15. The predicted octanol–water partition coefficient (Wildman–Crippen LogP) is 7.97. The Hall–Kier alpha value is -3.80. The van der Waals surface area contributed by atoms with E-state index in [0.717, 1.165) is 51.7 Å². The second-order valence-corrected chi connectivity index (χ2v) is 10.4. The van der Waals surface area contributed by atoms with Crippen LogP contribution in [0.25, 0.3) is 48.4 Å². The van der Waals surface area contributed by atoms with Gasteiger partial charge in [-0.2, -0.15) is 0 Å². The minimum absolute atomic E-state index is 0.615. The van der Waals surface area contributed by atoms with Crippen LogP contribution in [-0.2, 0) is 13.0 Å². The number of aryl methyl sites for hydroxylation is 1. The molecule has 0 atom stereocenters. The zero-order chi connectivity index (χ0) is 24.1. The summed E-state index contributed by atoms with van der Waals surface area (Å²) in [6.07, 6.45) is 3.76. The summed E-state index contributed by atoms with van der Waals surface area (Å²) >= 11 is 8.59. The van der Waals surface area contributed by atoms with Gasteiger partial charge in [-0.15, -0.1) is 16.4 Å². The Morgan fingerprint density at radius 2 is 1.64 bits per heavy atom. The lowest BCUT2D eigenvalue weighted by atomic mass is 9.95. The molecule has 0 radical (unpaired) electrons. The number of aromatic nitrogens is 4. The van der Waals surface area contributed by atoms with Crippen LogP contribution in [-0.4, -0.2) is 20.0 Å². The van der Waals surface area contributed by atoms with Gasteiger partial charge in [-0.05, 0) is 69.6 Å². The fourth-order valence-electron chi connectivity index (χ4n) is 5.13. The van der Waals surface area contributed by atoms with Gasteiger partial charge in [0.2, 0.25) is 0 Å². The molecule has 6 aromatic rings. The minimum Gasteiger partial charge on any atom is -0.251 e. The van der Waals surface area contributed by atoms with Crippen LogP contribution in [0, 0.1) is 0 Å². The number of benzene rings is 3. The van der Waals surface area contributed by atoms with Crippen molar-refractivity contribution in [2.45, 2.75) is 19.4 Å². The molecule has 174 valence electrons. The molecule has 0 N–H and O–H groups in total. The highest BCUT2D eigenvalue weighted by Crippen LogP contribution is 2.37. The molecule has 0 fully saturated rings. The maximum absolute atomic E-state index is 6.89. The van der Waals surface area contributed by atoms with Crippen molar-refractivity contribution in [2.24, 2.45) is 0 Å². The highest BCUT2D eigenvalue weighted by Gasteiger charge is 2.21. The van der Waals surface area contributed by atoms with E-state index in [4.69, 9.17) is 16.6 Å². The zero-order valence-electron chi connectivity index (χ0n) is 19.4. The summed E-state index contributed by atoms with van der Waals surface area (Å²) in [5.74, 6) is 0. The number of rotatable bonds is 4. The van der Waals surface area contributed by atoms with E-state index < -0.39 is 0 Å². The van der Waals surface area contributed by atoms with Gasteiger partial charge < -0.3 is 0 Å². The van der Waals surface area contributed by atoms with Crippen molar-refractivity contribution in [3.8, 4) is 21.8 Å². The molecule has 4 nitrogen and oxygen atoms in total. The quantitative estimate of drug-likeness (QED) is 0.229. The predicted molar refractivity (Wildman–Crippen MR) is 149 cm³/mol. The van der Waals surface area contributed by atoms with Gasteiger partial charge in [0.05, 0.1) is 34.0 Å². The lowest BCUT2D eigenvalue weighted by molar-refractivity contribution is 0.623. The van der Waals surface area contributed by atoms with Gasteiger partial charge in [0.25, 0.3) is 0 Å². The van der Waals surface area contributed by atoms with E-state index in [0.29, 0.717) is 6.54 Å². The third-order valence-electron chi connectivity index (χ3n) is 6.89. The van der Waals surface area contributed by atoms with Crippen LogP contribution >= 0.6 is 22.9 Å². The normalized spacial score (nSPS) is 13.5. The zero-order valence-corrected chi connectivity index (χ0v) is 20.9. The van der Waals surface area contributed by atoms with E-state index in [1.165, 1.54) is 26.4 Å². The largest absolute Gasteiger partial charge is 0.251 e. The summed E-state index contributed by atoms with van der Waals surface area (Å²) in [5, 5.41) is 16.7. The van der Waals surface area contributed by atoms with Gasteiger partial charge in [0.1, 0.15) is 5.69 Å². The summed E-state index contributed by atoms with van der Waals surface area (Å²) in [6, 6.07) is 27.5. The number of nitrogens with zero attached hydrogens (tertiary/aromatic N) is 4. The third kappa shape index (κ3) is 3.63. The molecule has 3 aromatic carbocycles. The van der Waals surface area contributed by atoms with E-state index >= 15 is 0 Å². The Balaban J connectivity index is 1.23. The molecule has 0 spiro atoms. The van der Waals surface area contributed by atoms with E-state index in [2.05, 4.69) is 94.6 Å². The Labute approximate surface area is 217 Å². The van der Waals surface area contributed by atoms with Gasteiger partial charge in [-0.25, -0.2) is 4.68 Å². The molecule has 3 aromatic heterocycles. The molecule has 7 rings (SSSR count). The first kappa shape index (κ1) is 21.5. The van der Waals surface area contributed by atoms with Crippen LogP contribution in [0.3, 0.4) is 0 Å². The smallest absolute Gasteiger partial charge is 0.113 e. The number of allylic oxidation sites excluding steroid dienone is 1. The Bertz CT molecular complexity index is 1780. The molecule has 0 aliphatic heterocycles.